The predicted molar refractivity (Wildman–Crippen MR) is 71.0 cm³/mol. The number of hydrogen-bond acceptors (Lipinski definition) is 3. The van der Waals surface area contributed by atoms with Crippen molar-refractivity contribution in [3.8, 4) is 0 Å². The first kappa shape index (κ1) is 13.5. The molecule has 0 radical (unpaired) electrons. The summed E-state index contributed by atoms with van der Waals surface area (Å²) in [5, 5.41) is 2.77. The molecule has 0 spiro atoms. The van der Waals surface area contributed by atoms with Crippen LogP contribution in [0.1, 0.15) is 26.5 Å². The molecular formula is C14H19N3O2. The molecule has 0 saturated carbocycles. The summed E-state index contributed by atoms with van der Waals surface area (Å²) in [6.45, 7) is 6.31. The zero-order chi connectivity index (χ0) is 14.0. The molecule has 5 heteroatoms. The van der Waals surface area contributed by atoms with Crippen molar-refractivity contribution in [3.63, 3.8) is 0 Å². The molecule has 0 aliphatic carbocycles. The van der Waals surface area contributed by atoms with Gasteiger partial charge >= 0.3 is 0 Å². The third kappa shape index (κ3) is 3.10. The minimum Gasteiger partial charge on any atom is -0.342 e. The van der Waals surface area contributed by atoms with Crippen LogP contribution in [-0.4, -0.2) is 34.3 Å². The third-order valence-corrected chi connectivity index (χ3v) is 3.14. The summed E-state index contributed by atoms with van der Waals surface area (Å²) in [6.07, 6.45) is 1.69. The molecule has 1 saturated heterocycles. The van der Waals surface area contributed by atoms with Gasteiger partial charge in [0.15, 0.2) is 0 Å². The molecule has 1 aromatic rings. The van der Waals surface area contributed by atoms with Crippen molar-refractivity contribution in [1.29, 1.82) is 0 Å². The first-order valence-electron chi connectivity index (χ1n) is 6.36. The number of nitrogens with zero attached hydrogens (tertiary/aromatic N) is 2. The van der Waals surface area contributed by atoms with Gasteiger partial charge in [-0.3, -0.25) is 14.6 Å². The number of amides is 2. The van der Waals surface area contributed by atoms with Gasteiger partial charge in [0.1, 0.15) is 12.6 Å². The van der Waals surface area contributed by atoms with Crippen LogP contribution in [0.3, 0.4) is 0 Å². The van der Waals surface area contributed by atoms with Crippen molar-refractivity contribution in [3.05, 3.63) is 30.1 Å². The summed E-state index contributed by atoms with van der Waals surface area (Å²) in [5.74, 6) is -0.159. The predicted octanol–water partition coefficient (Wildman–Crippen LogP) is 0.955. The Hall–Kier alpha value is -1.91. The van der Waals surface area contributed by atoms with E-state index < -0.39 is 6.04 Å². The molecule has 2 heterocycles. The summed E-state index contributed by atoms with van der Waals surface area (Å²) in [5.41, 5.74) is 0.494. The molecule has 1 fully saturated rings. The minimum atomic E-state index is -0.475. The van der Waals surface area contributed by atoms with Crippen molar-refractivity contribution in [1.82, 2.24) is 15.2 Å². The van der Waals surface area contributed by atoms with Gasteiger partial charge in [-0.2, -0.15) is 0 Å². The van der Waals surface area contributed by atoms with Crippen LogP contribution in [0.5, 0.6) is 0 Å². The number of hydrogen-bond donors (Lipinski definition) is 1. The van der Waals surface area contributed by atoms with E-state index in [0.717, 1.165) is 5.69 Å². The largest absolute Gasteiger partial charge is 0.342 e. The topological polar surface area (TPSA) is 62.3 Å². The Bertz CT molecular complexity index is 479. The molecule has 0 aromatic carbocycles. The van der Waals surface area contributed by atoms with Gasteiger partial charge < -0.3 is 10.2 Å². The van der Waals surface area contributed by atoms with Crippen molar-refractivity contribution < 1.29 is 9.59 Å². The van der Waals surface area contributed by atoms with Gasteiger partial charge in [-0.1, -0.05) is 26.8 Å². The van der Waals surface area contributed by atoms with E-state index in [-0.39, 0.29) is 23.8 Å². The number of carbonyl (C=O) groups is 2. The molecule has 2 amide bonds. The first-order chi connectivity index (χ1) is 8.88. The van der Waals surface area contributed by atoms with Crippen LogP contribution in [0.15, 0.2) is 24.4 Å². The summed E-state index contributed by atoms with van der Waals surface area (Å²) < 4.78 is 0. The van der Waals surface area contributed by atoms with Crippen LogP contribution < -0.4 is 5.32 Å². The van der Waals surface area contributed by atoms with Gasteiger partial charge in [0.05, 0.1) is 12.2 Å². The fourth-order valence-corrected chi connectivity index (χ4v) is 2.11. The van der Waals surface area contributed by atoms with Crippen LogP contribution in [-0.2, 0) is 16.1 Å². The van der Waals surface area contributed by atoms with Crippen molar-refractivity contribution >= 4 is 11.8 Å². The highest BCUT2D eigenvalue weighted by Crippen LogP contribution is 2.23. The number of aromatic nitrogens is 1. The summed E-state index contributed by atoms with van der Waals surface area (Å²) in [7, 11) is 0. The van der Waals surface area contributed by atoms with Gasteiger partial charge in [-0.25, -0.2) is 0 Å². The molecule has 2 rings (SSSR count). The van der Waals surface area contributed by atoms with E-state index in [2.05, 4.69) is 10.3 Å². The van der Waals surface area contributed by atoms with Gasteiger partial charge in [0, 0.05) is 6.20 Å². The number of rotatable bonds is 2. The fraction of sp³-hybridized carbons (Fsp3) is 0.500. The van der Waals surface area contributed by atoms with E-state index >= 15 is 0 Å². The summed E-state index contributed by atoms with van der Waals surface area (Å²) in [4.78, 5) is 29.9. The van der Waals surface area contributed by atoms with Gasteiger partial charge in [-0.05, 0) is 17.5 Å². The molecule has 1 atom stereocenters. The Morgan fingerprint density at radius 3 is 2.68 bits per heavy atom. The number of pyridine rings is 1. The highest BCUT2D eigenvalue weighted by atomic mass is 16.2. The molecular weight excluding hydrogens is 242 g/mol. The molecule has 1 aliphatic rings. The molecule has 19 heavy (non-hydrogen) atoms. The standard InChI is InChI=1S/C14H19N3O2/c1-14(2,3)12-13(19)17(9-11(18)16-12)8-10-6-4-5-7-15-10/h4-7,12H,8-9H2,1-3H3,(H,16,18). The zero-order valence-corrected chi connectivity index (χ0v) is 11.5. The van der Waals surface area contributed by atoms with Crippen LogP contribution in [0.4, 0.5) is 0 Å². The van der Waals surface area contributed by atoms with Crippen LogP contribution in [0, 0.1) is 5.41 Å². The minimum absolute atomic E-state index is 0.0437. The molecule has 1 unspecified atom stereocenters. The van der Waals surface area contributed by atoms with E-state index in [0.29, 0.717) is 6.54 Å². The second kappa shape index (κ2) is 4.99. The fourth-order valence-electron chi connectivity index (χ4n) is 2.11. The lowest BCUT2D eigenvalue weighted by Gasteiger charge is -2.38. The maximum absolute atomic E-state index is 12.4. The van der Waals surface area contributed by atoms with E-state index in [1.807, 2.05) is 39.0 Å². The number of carbonyl (C=O) groups excluding carboxylic acids is 2. The van der Waals surface area contributed by atoms with Crippen LogP contribution >= 0.6 is 0 Å². The first-order valence-corrected chi connectivity index (χ1v) is 6.36. The van der Waals surface area contributed by atoms with Gasteiger partial charge in [0.2, 0.25) is 11.8 Å². The summed E-state index contributed by atoms with van der Waals surface area (Å²) in [6, 6.07) is 5.08. The lowest BCUT2D eigenvalue weighted by molar-refractivity contribution is -0.148. The monoisotopic (exact) mass is 261 g/mol. The smallest absolute Gasteiger partial charge is 0.246 e. The molecule has 1 aromatic heterocycles. The quantitative estimate of drug-likeness (QED) is 0.862. The second-order valence-corrected chi connectivity index (χ2v) is 5.88. The molecule has 5 nitrogen and oxygen atoms in total. The highest BCUT2D eigenvalue weighted by Gasteiger charge is 2.39. The third-order valence-electron chi connectivity index (χ3n) is 3.14. The Labute approximate surface area is 113 Å². The van der Waals surface area contributed by atoms with E-state index in [1.165, 1.54) is 0 Å². The highest BCUT2D eigenvalue weighted by molar-refractivity contribution is 5.95. The Morgan fingerprint density at radius 2 is 2.11 bits per heavy atom. The summed E-state index contributed by atoms with van der Waals surface area (Å²) >= 11 is 0. The molecule has 0 bridgehead atoms. The van der Waals surface area contributed by atoms with Crippen LogP contribution in [0.25, 0.3) is 0 Å². The zero-order valence-electron chi connectivity index (χ0n) is 11.5. The van der Waals surface area contributed by atoms with E-state index in [9.17, 15) is 9.59 Å². The Kier molecular flexibility index (Phi) is 3.55. The molecule has 102 valence electrons. The SMILES string of the molecule is CC(C)(C)C1NC(=O)CN(Cc2ccccn2)C1=O. The molecule has 1 N–H and O–H groups in total. The Morgan fingerprint density at radius 1 is 1.37 bits per heavy atom. The van der Waals surface area contributed by atoms with E-state index in [1.54, 1.807) is 11.1 Å². The average molecular weight is 261 g/mol. The van der Waals surface area contributed by atoms with Crippen molar-refractivity contribution in [2.75, 3.05) is 6.54 Å². The van der Waals surface area contributed by atoms with Crippen molar-refractivity contribution in [2.24, 2.45) is 5.41 Å². The van der Waals surface area contributed by atoms with E-state index in [4.69, 9.17) is 0 Å². The van der Waals surface area contributed by atoms with Crippen LogP contribution in [0.2, 0.25) is 0 Å². The maximum atomic E-state index is 12.4. The molecule has 1 aliphatic heterocycles. The number of nitrogens with one attached hydrogen (secondary N) is 1. The lowest BCUT2D eigenvalue weighted by Crippen LogP contribution is -2.61. The maximum Gasteiger partial charge on any atom is 0.246 e. The van der Waals surface area contributed by atoms with Gasteiger partial charge in [-0.15, -0.1) is 0 Å². The number of piperazine rings is 1. The lowest BCUT2D eigenvalue weighted by atomic mass is 9.85. The Balaban J connectivity index is 2.16. The van der Waals surface area contributed by atoms with Gasteiger partial charge in [0.25, 0.3) is 0 Å². The van der Waals surface area contributed by atoms with Crippen molar-refractivity contribution in [2.45, 2.75) is 33.4 Å². The second-order valence-electron chi connectivity index (χ2n) is 5.88. The normalized spacial score (nSPS) is 20.4. The average Bonchev–Trinajstić information content (AvgIpc) is 2.33.